The highest BCUT2D eigenvalue weighted by molar-refractivity contribution is 9.10. The quantitative estimate of drug-likeness (QED) is 0.363. The van der Waals surface area contributed by atoms with E-state index in [1.54, 1.807) is 0 Å². The van der Waals surface area contributed by atoms with Gasteiger partial charge in [-0.2, -0.15) is 0 Å². The third kappa shape index (κ3) is 5.45. The monoisotopic (exact) mass is 470 g/mol. The molecule has 3 aromatic carbocycles. The highest BCUT2D eigenvalue weighted by Gasteiger charge is 2.43. The number of anilines is 1. The number of rotatable bonds is 5. The van der Waals surface area contributed by atoms with Crippen LogP contribution in [-0.4, -0.2) is 19.4 Å². The molecule has 1 fully saturated rings. The molecule has 1 heterocycles. The molecular formula is C23H24BrN2O2P. The Hall–Kier alpha value is -2.20. The zero-order valence-corrected chi connectivity index (χ0v) is 18.5. The maximum Gasteiger partial charge on any atom is 0.244 e. The van der Waals surface area contributed by atoms with Crippen LogP contribution in [-0.2, 0) is 9.36 Å². The van der Waals surface area contributed by atoms with E-state index in [1.165, 1.54) is 0 Å². The molecule has 29 heavy (non-hydrogen) atoms. The van der Waals surface area contributed by atoms with Gasteiger partial charge in [-0.05, 0) is 29.8 Å². The van der Waals surface area contributed by atoms with Crippen LogP contribution in [0.15, 0.2) is 95.5 Å². The molecule has 2 unspecified atom stereocenters. The Bertz CT molecular complexity index is 909. The van der Waals surface area contributed by atoms with E-state index in [0.29, 0.717) is 13.1 Å². The van der Waals surface area contributed by atoms with Gasteiger partial charge in [0.15, 0.2) is 0 Å². The van der Waals surface area contributed by atoms with Gasteiger partial charge in [0.05, 0.1) is 5.66 Å². The number of aldehydes is 1. The summed E-state index contributed by atoms with van der Waals surface area (Å²) < 4.78 is 16.7. The molecule has 3 aromatic rings. The molecule has 0 saturated carbocycles. The fraction of sp³-hybridized carbons (Fsp3) is 0.174. The molecule has 0 spiro atoms. The first-order valence-corrected chi connectivity index (χ1v) is 12.0. The highest BCUT2D eigenvalue weighted by atomic mass is 79.9. The van der Waals surface area contributed by atoms with Gasteiger partial charge in [0.25, 0.3) is 0 Å². The fourth-order valence-electron chi connectivity index (χ4n) is 3.37. The number of halogens is 1. The van der Waals surface area contributed by atoms with Crippen molar-refractivity contribution in [1.82, 2.24) is 5.09 Å². The van der Waals surface area contributed by atoms with Crippen LogP contribution in [0.3, 0.4) is 0 Å². The van der Waals surface area contributed by atoms with Crippen molar-refractivity contribution < 1.29 is 9.36 Å². The minimum atomic E-state index is -2.93. The molecule has 6 heteroatoms. The molecule has 2 atom stereocenters. The topological polar surface area (TPSA) is 49.4 Å². The number of hydrogen-bond donors (Lipinski definition) is 1. The van der Waals surface area contributed by atoms with Gasteiger partial charge in [-0.1, -0.05) is 82.7 Å². The minimum absolute atomic E-state index is 0.231. The zero-order chi connectivity index (χ0) is 20.5. The molecule has 0 amide bonds. The van der Waals surface area contributed by atoms with Crippen LogP contribution < -0.4 is 9.76 Å². The molecule has 0 bridgehead atoms. The average molecular weight is 471 g/mol. The largest absolute Gasteiger partial charge is 0.309 e. The minimum Gasteiger partial charge on any atom is -0.309 e. The predicted octanol–water partition coefficient (Wildman–Crippen LogP) is 6.07. The maximum absolute atomic E-state index is 13.8. The lowest BCUT2D eigenvalue weighted by atomic mass is 10.1. The van der Waals surface area contributed by atoms with Crippen molar-refractivity contribution in [2.45, 2.75) is 12.1 Å². The Balaban J connectivity index is 0.000000343. The van der Waals surface area contributed by atoms with E-state index in [-0.39, 0.29) is 12.1 Å². The summed E-state index contributed by atoms with van der Waals surface area (Å²) in [5.74, 6) is 0. The van der Waals surface area contributed by atoms with Gasteiger partial charge in [0.1, 0.15) is 6.29 Å². The van der Waals surface area contributed by atoms with E-state index >= 15 is 0 Å². The summed E-state index contributed by atoms with van der Waals surface area (Å²) >= 11 is 3.41. The molecule has 0 aliphatic carbocycles. The summed E-state index contributed by atoms with van der Waals surface area (Å²) in [5.41, 5.74) is 1.49. The lowest BCUT2D eigenvalue weighted by Gasteiger charge is -2.32. The van der Waals surface area contributed by atoms with Crippen LogP contribution >= 0.6 is 23.4 Å². The Morgan fingerprint density at radius 3 is 2.03 bits per heavy atom. The second-order valence-corrected chi connectivity index (χ2v) is 10.2. The summed E-state index contributed by atoms with van der Waals surface area (Å²) in [6.07, 6.45) is 1.09. The SMILES string of the molecule is O=CCC(c1ccc(Br)cc1)P1(=O)NCCN1c1ccccc1.c1ccccc1. The van der Waals surface area contributed by atoms with Crippen molar-refractivity contribution in [3.63, 3.8) is 0 Å². The molecule has 0 aromatic heterocycles. The van der Waals surface area contributed by atoms with E-state index in [9.17, 15) is 9.36 Å². The van der Waals surface area contributed by atoms with E-state index in [2.05, 4.69) is 21.0 Å². The molecule has 1 saturated heterocycles. The number of hydrogen-bond acceptors (Lipinski definition) is 2. The number of benzene rings is 3. The third-order valence-electron chi connectivity index (χ3n) is 4.74. The van der Waals surface area contributed by atoms with Crippen molar-refractivity contribution in [3.05, 3.63) is 101 Å². The second-order valence-electron chi connectivity index (χ2n) is 6.61. The van der Waals surface area contributed by atoms with Crippen LogP contribution in [0.2, 0.25) is 0 Å². The highest BCUT2D eigenvalue weighted by Crippen LogP contribution is 2.62. The molecule has 1 N–H and O–H groups in total. The number of nitrogens with one attached hydrogen (secondary N) is 1. The first-order chi connectivity index (χ1) is 14.1. The average Bonchev–Trinajstić information content (AvgIpc) is 3.17. The molecule has 150 valence electrons. The van der Waals surface area contributed by atoms with Crippen molar-refractivity contribution in [1.29, 1.82) is 0 Å². The summed E-state index contributed by atoms with van der Waals surface area (Å²) in [7, 11) is -2.93. The molecule has 4 rings (SSSR count). The Labute approximate surface area is 180 Å². The van der Waals surface area contributed by atoms with E-state index in [0.717, 1.165) is 22.0 Å². The summed E-state index contributed by atoms with van der Waals surface area (Å²) in [6, 6.07) is 29.4. The van der Waals surface area contributed by atoms with Gasteiger partial charge in [-0.25, -0.2) is 5.09 Å². The fourth-order valence-corrected chi connectivity index (χ4v) is 6.61. The van der Waals surface area contributed by atoms with Gasteiger partial charge in [-0.3, -0.25) is 4.57 Å². The Kier molecular flexibility index (Phi) is 7.82. The van der Waals surface area contributed by atoms with Crippen molar-refractivity contribution in [2.24, 2.45) is 0 Å². The Morgan fingerprint density at radius 1 is 0.931 bits per heavy atom. The molecule has 4 nitrogen and oxygen atoms in total. The summed E-state index contributed by atoms with van der Waals surface area (Å²) in [6.45, 7) is 1.32. The van der Waals surface area contributed by atoms with Gasteiger partial charge >= 0.3 is 0 Å². The number of nitrogens with zero attached hydrogens (tertiary/aromatic N) is 1. The van der Waals surface area contributed by atoms with Crippen LogP contribution in [0.4, 0.5) is 5.69 Å². The molecule has 0 radical (unpaired) electrons. The number of carbonyl (C=O) groups excluding carboxylic acids is 1. The van der Waals surface area contributed by atoms with E-state index < -0.39 is 7.44 Å². The van der Waals surface area contributed by atoms with E-state index in [1.807, 2.05) is 95.7 Å². The predicted molar refractivity (Wildman–Crippen MR) is 123 cm³/mol. The lowest BCUT2D eigenvalue weighted by Crippen LogP contribution is -2.21. The smallest absolute Gasteiger partial charge is 0.244 e. The maximum atomic E-state index is 13.8. The van der Waals surface area contributed by atoms with E-state index in [4.69, 9.17) is 0 Å². The van der Waals surface area contributed by atoms with Crippen LogP contribution in [0.1, 0.15) is 17.6 Å². The van der Waals surface area contributed by atoms with Gasteiger partial charge < -0.3 is 9.46 Å². The van der Waals surface area contributed by atoms with Gasteiger partial charge in [0, 0.05) is 29.7 Å². The Morgan fingerprint density at radius 2 is 1.48 bits per heavy atom. The van der Waals surface area contributed by atoms with Crippen molar-refractivity contribution in [3.8, 4) is 0 Å². The van der Waals surface area contributed by atoms with Crippen molar-refractivity contribution in [2.75, 3.05) is 17.8 Å². The first-order valence-electron chi connectivity index (χ1n) is 9.52. The number of para-hydroxylation sites is 1. The molecule has 1 aliphatic rings. The van der Waals surface area contributed by atoms with Gasteiger partial charge in [0.2, 0.25) is 7.44 Å². The standard InChI is InChI=1S/C17H18BrN2O2P.C6H6/c18-15-8-6-14(7-9-15)17(10-13-21)23(22)19-11-12-20(23)16-4-2-1-3-5-16;1-2-4-6-5-3-1/h1-9,13,17H,10-12H2,(H,19,22);1-6H. The van der Waals surface area contributed by atoms with Crippen molar-refractivity contribution >= 4 is 35.3 Å². The molecular weight excluding hydrogens is 447 g/mol. The summed E-state index contributed by atoms with van der Waals surface area (Å²) in [5, 5.41) is 3.19. The summed E-state index contributed by atoms with van der Waals surface area (Å²) in [4.78, 5) is 11.2. The lowest BCUT2D eigenvalue weighted by molar-refractivity contribution is -0.107. The zero-order valence-electron chi connectivity index (χ0n) is 16.0. The normalized spacial score (nSPS) is 19.1. The van der Waals surface area contributed by atoms with Gasteiger partial charge in [-0.15, -0.1) is 0 Å². The molecule has 1 aliphatic heterocycles. The van der Waals surface area contributed by atoms with Crippen LogP contribution in [0, 0.1) is 0 Å². The second kappa shape index (κ2) is 10.5. The first kappa shape index (κ1) is 21.5. The van der Waals surface area contributed by atoms with Crippen LogP contribution in [0.5, 0.6) is 0 Å². The third-order valence-corrected chi connectivity index (χ3v) is 8.45. The van der Waals surface area contributed by atoms with Crippen LogP contribution in [0.25, 0.3) is 0 Å². The number of carbonyl (C=O) groups is 1.